The van der Waals surface area contributed by atoms with E-state index in [2.05, 4.69) is 27.4 Å². The predicted octanol–water partition coefficient (Wildman–Crippen LogP) is -0.486. The van der Waals surface area contributed by atoms with Crippen molar-refractivity contribution in [2.75, 3.05) is 38.2 Å². The number of aromatic nitrogens is 5. The van der Waals surface area contributed by atoms with Gasteiger partial charge in [0.05, 0.1) is 30.0 Å². The number of anilines is 1. The molecule has 0 radical (unpaired) electrons. The summed E-state index contributed by atoms with van der Waals surface area (Å²) in [5.74, 6) is 1.39. The Labute approximate surface area is 143 Å². The van der Waals surface area contributed by atoms with E-state index in [9.17, 15) is 5.11 Å². The first kappa shape index (κ1) is 15.7. The van der Waals surface area contributed by atoms with Crippen LogP contribution in [0.15, 0.2) is 0 Å². The highest BCUT2D eigenvalue weighted by atomic mass is 32.1. The van der Waals surface area contributed by atoms with E-state index >= 15 is 0 Å². The van der Waals surface area contributed by atoms with Crippen LogP contribution in [-0.2, 0) is 13.0 Å². The summed E-state index contributed by atoms with van der Waals surface area (Å²) in [5.41, 5.74) is 1.39. The molecule has 1 atom stereocenters. The summed E-state index contributed by atoms with van der Waals surface area (Å²) in [6.45, 7) is 6.31. The number of hydrogen-bond donors (Lipinski definition) is 2. The van der Waals surface area contributed by atoms with Crippen LogP contribution in [0.25, 0.3) is 16.0 Å². The van der Waals surface area contributed by atoms with E-state index in [4.69, 9.17) is 0 Å². The van der Waals surface area contributed by atoms with Gasteiger partial charge in [-0.25, -0.2) is 0 Å². The number of hydrogen-bond acceptors (Lipinski definition) is 7. The molecule has 24 heavy (non-hydrogen) atoms. The van der Waals surface area contributed by atoms with Crippen molar-refractivity contribution in [3.8, 4) is 0 Å². The third kappa shape index (κ3) is 2.43. The molecule has 0 spiro atoms. The van der Waals surface area contributed by atoms with E-state index in [1.807, 2.05) is 11.9 Å². The summed E-state index contributed by atoms with van der Waals surface area (Å²) in [6, 6.07) is 0. The third-order valence-corrected chi connectivity index (χ3v) is 5.89. The Balaban J connectivity index is 1.91. The van der Waals surface area contributed by atoms with Crippen LogP contribution in [-0.4, -0.2) is 63.4 Å². The molecule has 1 unspecified atom stereocenters. The van der Waals surface area contributed by atoms with Crippen LogP contribution in [0.3, 0.4) is 0 Å². The lowest BCUT2D eigenvalue weighted by atomic mass is 10.0. The number of thiophene rings is 1. The molecular formula is C15H22N7OS+. The highest BCUT2D eigenvalue weighted by Crippen LogP contribution is 2.37. The van der Waals surface area contributed by atoms with Crippen LogP contribution < -0.4 is 9.80 Å². The Morgan fingerprint density at radius 2 is 2.29 bits per heavy atom. The molecule has 4 heterocycles. The van der Waals surface area contributed by atoms with Gasteiger partial charge in [-0.2, -0.15) is 9.50 Å². The second-order valence-electron chi connectivity index (χ2n) is 6.33. The molecule has 0 saturated carbocycles. The molecule has 0 amide bonds. The number of quaternary nitrogens is 1. The molecule has 3 aromatic heterocycles. The maximum absolute atomic E-state index is 9.31. The fourth-order valence-corrected chi connectivity index (χ4v) is 4.89. The van der Waals surface area contributed by atoms with Gasteiger partial charge in [0.15, 0.2) is 0 Å². The summed E-state index contributed by atoms with van der Waals surface area (Å²) in [5, 5.41) is 22.4. The number of nitrogens with zero attached hydrogens (tertiary/aromatic N) is 6. The smallest absolute Gasteiger partial charge is 0.276 e. The van der Waals surface area contributed by atoms with Crippen molar-refractivity contribution in [3.63, 3.8) is 0 Å². The highest BCUT2D eigenvalue weighted by Gasteiger charge is 2.28. The Hall–Kier alpha value is -1.84. The Bertz CT molecular complexity index is 874. The lowest BCUT2D eigenvalue weighted by Crippen LogP contribution is -3.11. The monoisotopic (exact) mass is 348 g/mol. The van der Waals surface area contributed by atoms with Crippen LogP contribution in [0.2, 0.25) is 0 Å². The van der Waals surface area contributed by atoms with Gasteiger partial charge in [0.2, 0.25) is 0 Å². The van der Waals surface area contributed by atoms with E-state index in [1.54, 1.807) is 20.8 Å². The first-order chi connectivity index (χ1) is 11.7. The Morgan fingerprint density at radius 1 is 1.42 bits per heavy atom. The SMILES string of the molecule is CCC[NH+]1CCc2c(sc3c2c(N(C)CCO)nc2nnnn23)C1. The predicted molar refractivity (Wildman–Crippen MR) is 92.7 cm³/mol. The molecule has 2 N–H and O–H groups in total. The molecule has 0 aromatic carbocycles. The van der Waals surface area contributed by atoms with Crippen LogP contribution in [0.1, 0.15) is 23.8 Å². The number of nitrogens with one attached hydrogen (secondary N) is 1. The lowest BCUT2D eigenvalue weighted by molar-refractivity contribution is -0.915. The zero-order chi connectivity index (χ0) is 16.7. The molecule has 1 aliphatic rings. The Kier molecular flexibility index (Phi) is 4.07. The fourth-order valence-electron chi connectivity index (χ4n) is 3.54. The maximum Gasteiger partial charge on any atom is 0.276 e. The van der Waals surface area contributed by atoms with Crippen molar-refractivity contribution in [2.24, 2.45) is 0 Å². The van der Waals surface area contributed by atoms with E-state index in [0.29, 0.717) is 12.3 Å². The quantitative estimate of drug-likeness (QED) is 0.648. The molecule has 0 bridgehead atoms. The molecule has 9 heteroatoms. The topological polar surface area (TPSA) is 83.9 Å². The van der Waals surface area contributed by atoms with Gasteiger partial charge in [-0.15, -0.1) is 11.3 Å². The van der Waals surface area contributed by atoms with Crippen LogP contribution in [0, 0.1) is 0 Å². The van der Waals surface area contributed by atoms with Crippen LogP contribution in [0.4, 0.5) is 5.82 Å². The van der Waals surface area contributed by atoms with E-state index < -0.39 is 0 Å². The van der Waals surface area contributed by atoms with Gasteiger partial charge in [-0.05, 0) is 22.4 Å². The minimum atomic E-state index is 0.0938. The molecule has 0 aliphatic carbocycles. The van der Waals surface area contributed by atoms with E-state index in [1.165, 1.54) is 23.4 Å². The molecule has 128 valence electrons. The van der Waals surface area contributed by atoms with Gasteiger partial charge in [0, 0.05) is 20.0 Å². The van der Waals surface area contributed by atoms with Crippen LogP contribution >= 0.6 is 11.3 Å². The largest absolute Gasteiger partial charge is 0.395 e. The first-order valence-electron chi connectivity index (χ1n) is 8.40. The van der Waals surface area contributed by atoms with Gasteiger partial charge >= 0.3 is 0 Å². The zero-order valence-electron chi connectivity index (χ0n) is 14.0. The first-order valence-corrected chi connectivity index (χ1v) is 9.22. The average Bonchev–Trinajstić information content (AvgIpc) is 3.18. The normalized spacial score (nSPS) is 17.5. The average molecular weight is 348 g/mol. The lowest BCUT2D eigenvalue weighted by Gasteiger charge is -2.24. The molecule has 1 aliphatic heterocycles. The molecule has 8 nitrogen and oxygen atoms in total. The third-order valence-electron chi connectivity index (χ3n) is 4.69. The Morgan fingerprint density at radius 3 is 3.08 bits per heavy atom. The minimum absolute atomic E-state index is 0.0938. The highest BCUT2D eigenvalue weighted by molar-refractivity contribution is 7.19. The van der Waals surface area contributed by atoms with Crippen molar-refractivity contribution in [3.05, 3.63) is 10.4 Å². The van der Waals surface area contributed by atoms with Gasteiger partial charge in [-0.1, -0.05) is 12.0 Å². The number of rotatable bonds is 5. The standard InChI is InChI=1S/C15H21N7OS/c1-3-5-21-6-4-10-11(9-21)24-14-12(10)13(20(2)7-8-23)16-15-17-18-19-22(14)15/h23H,3-9H2,1-2H3/p+1. The number of tetrazole rings is 1. The molecule has 4 rings (SSSR count). The molecule has 0 saturated heterocycles. The van der Waals surface area contributed by atoms with Crippen LogP contribution in [0.5, 0.6) is 0 Å². The summed E-state index contributed by atoms with van der Waals surface area (Å²) < 4.78 is 1.74. The number of aliphatic hydroxyl groups excluding tert-OH is 1. The van der Waals surface area contributed by atoms with Gasteiger partial charge in [0.25, 0.3) is 5.78 Å². The number of fused-ring (bicyclic) bond motifs is 5. The van der Waals surface area contributed by atoms with Gasteiger partial charge in [0.1, 0.15) is 17.2 Å². The summed E-state index contributed by atoms with van der Waals surface area (Å²) in [7, 11) is 1.96. The van der Waals surface area contributed by atoms with E-state index in [-0.39, 0.29) is 6.61 Å². The van der Waals surface area contributed by atoms with Crippen molar-refractivity contribution in [1.29, 1.82) is 0 Å². The molecule has 0 fully saturated rings. The van der Waals surface area contributed by atoms with Gasteiger partial charge < -0.3 is 14.9 Å². The van der Waals surface area contributed by atoms with Crippen molar-refractivity contribution < 1.29 is 10.0 Å². The zero-order valence-corrected chi connectivity index (χ0v) is 14.8. The minimum Gasteiger partial charge on any atom is -0.395 e. The van der Waals surface area contributed by atoms with Crippen molar-refractivity contribution >= 4 is 33.1 Å². The van der Waals surface area contributed by atoms with Gasteiger partial charge in [-0.3, -0.25) is 0 Å². The summed E-state index contributed by atoms with van der Waals surface area (Å²) in [4.78, 5) is 10.8. The number of aliphatic hydroxyl groups is 1. The molecule has 3 aromatic rings. The summed E-state index contributed by atoms with van der Waals surface area (Å²) >= 11 is 1.78. The second-order valence-corrected chi connectivity index (χ2v) is 7.42. The van der Waals surface area contributed by atoms with E-state index in [0.717, 1.165) is 35.5 Å². The van der Waals surface area contributed by atoms with Crippen molar-refractivity contribution in [2.45, 2.75) is 26.3 Å². The van der Waals surface area contributed by atoms with Crippen molar-refractivity contribution in [1.82, 2.24) is 25.0 Å². The second kappa shape index (κ2) is 6.23. The maximum atomic E-state index is 9.31. The molecular weight excluding hydrogens is 326 g/mol. The number of likely N-dealkylation sites (N-methyl/N-ethyl adjacent to an activating group) is 1. The fraction of sp³-hybridized carbons (Fsp3) is 0.600. The summed E-state index contributed by atoms with van der Waals surface area (Å²) in [6.07, 6.45) is 2.26.